The first kappa shape index (κ1) is 26.6. The molecule has 2 saturated carbocycles. The summed E-state index contributed by atoms with van der Waals surface area (Å²) in [7, 11) is 0. The molecule has 0 amide bonds. The van der Waals surface area contributed by atoms with Crippen LogP contribution in [0.4, 0.5) is 0 Å². The SMILES string of the molecule is CC(C)(CCO)CC1C(C(=O)O)=CCC2(C)C1=CCC1C3(C)CCC(=O)C(C)(CO)C3CCC12C. The fourth-order valence-electron chi connectivity index (χ4n) is 9.28. The van der Waals surface area contributed by atoms with E-state index >= 15 is 0 Å². The molecular weight excluding hydrogens is 440 g/mol. The Morgan fingerprint density at radius 1 is 1.09 bits per heavy atom. The Morgan fingerprint density at radius 3 is 2.37 bits per heavy atom. The number of aliphatic carboxylic acids is 1. The molecule has 3 N–H and O–H groups in total. The van der Waals surface area contributed by atoms with E-state index in [0.717, 1.165) is 32.1 Å². The maximum absolute atomic E-state index is 13.0. The molecule has 4 aliphatic rings. The highest BCUT2D eigenvalue weighted by atomic mass is 16.4. The van der Waals surface area contributed by atoms with E-state index in [9.17, 15) is 24.9 Å². The molecule has 0 bridgehead atoms. The molecular formula is C30H46O5. The fraction of sp³-hybridized carbons (Fsp3) is 0.800. The molecule has 0 heterocycles. The lowest BCUT2D eigenvalue weighted by atomic mass is 9.35. The first-order valence-corrected chi connectivity index (χ1v) is 13.6. The first-order valence-electron chi connectivity index (χ1n) is 13.6. The Bertz CT molecular complexity index is 962. The van der Waals surface area contributed by atoms with Gasteiger partial charge in [0.05, 0.1) is 12.0 Å². The number of aliphatic hydroxyl groups is 2. The van der Waals surface area contributed by atoms with E-state index in [1.165, 1.54) is 5.57 Å². The molecule has 0 aromatic rings. The number of carbonyl (C=O) groups is 2. The molecule has 0 radical (unpaired) electrons. The summed E-state index contributed by atoms with van der Waals surface area (Å²) in [6.07, 6.45) is 10.6. The van der Waals surface area contributed by atoms with Crippen LogP contribution < -0.4 is 0 Å². The predicted octanol–water partition coefficient (Wildman–Crippen LogP) is 5.55. The Hall–Kier alpha value is -1.46. The average Bonchev–Trinajstić information content (AvgIpc) is 2.76. The van der Waals surface area contributed by atoms with Gasteiger partial charge >= 0.3 is 5.97 Å². The molecule has 7 atom stereocenters. The van der Waals surface area contributed by atoms with Gasteiger partial charge in [0, 0.05) is 24.5 Å². The number of Topliss-reactive ketones (excluding diaryl/α,β-unsaturated/α-hetero) is 1. The zero-order valence-corrected chi connectivity index (χ0v) is 22.6. The largest absolute Gasteiger partial charge is 0.478 e. The number of rotatable bonds is 6. The Morgan fingerprint density at radius 2 is 1.77 bits per heavy atom. The molecule has 196 valence electrons. The maximum Gasteiger partial charge on any atom is 0.331 e. The van der Waals surface area contributed by atoms with Crippen molar-refractivity contribution in [3.63, 3.8) is 0 Å². The van der Waals surface area contributed by atoms with E-state index in [1.54, 1.807) is 0 Å². The van der Waals surface area contributed by atoms with Crippen LogP contribution in [-0.2, 0) is 9.59 Å². The van der Waals surface area contributed by atoms with Gasteiger partial charge in [-0.05, 0) is 78.4 Å². The van der Waals surface area contributed by atoms with Gasteiger partial charge in [-0.2, -0.15) is 0 Å². The van der Waals surface area contributed by atoms with Crippen molar-refractivity contribution >= 4 is 11.8 Å². The van der Waals surface area contributed by atoms with E-state index in [1.807, 2.05) is 13.0 Å². The van der Waals surface area contributed by atoms with Crippen molar-refractivity contribution in [1.29, 1.82) is 0 Å². The van der Waals surface area contributed by atoms with Crippen LogP contribution in [-0.4, -0.2) is 40.3 Å². The lowest BCUT2D eigenvalue weighted by Gasteiger charge is -2.68. The molecule has 0 aliphatic heterocycles. The number of carboxylic acids is 1. The summed E-state index contributed by atoms with van der Waals surface area (Å²) in [6, 6.07) is 0. The number of carbonyl (C=O) groups excluding carboxylic acids is 1. The van der Waals surface area contributed by atoms with Crippen LogP contribution in [0.15, 0.2) is 23.3 Å². The summed E-state index contributed by atoms with van der Waals surface area (Å²) in [5.41, 5.74) is 0.754. The molecule has 7 unspecified atom stereocenters. The van der Waals surface area contributed by atoms with Crippen molar-refractivity contribution in [2.75, 3.05) is 13.2 Å². The van der Waals surface area contributed by atoms with E-state index in [2.05, 4.69) is 40.7 Å². The number of aliphatic hydroxyl groups excluding tert-OH is 2. The molecule has 4 aliphatic carbocycles. The van der Waals surface area contributed by atoms with E-state index < -0.39 is 11.4 Å². The second kappa shape index (κ2) is 8.55. The van der Waals surface area contributed by atoms with Crippen LogP contribution in [0.5, 0.6) is 0 Å². The highest BCUT2D eigenvalue weighted by molar-refractivity contribution is 5.88. The summed E-state index contributed by atoms with van der Waals surface area (Å²) < 4.78 is 0. The average molecular weight is 487 g/mol. The first-order chi connectivity index (χ1) is 16.2. The van der Waals surface area contributed by atoms with Crippen molar-refractivity contribution in [2.24, 2.45) is 44.8 Å². The highest BCUT2D eigenvalue weighted by Crippen LogP contribution is 2.73. The number of fused-ring (bicyclic) bond motifs is 5. The third-order valence-electron chi connectivity index (χ3n) is 11.7. The fourth-order valence-corrected chi connectivity index (χ4v) is 9.28. The molecule has 0 spiro atoms. The second-order valence-corrected chi connectivity index (χ2v) is 13.9. The van der Waals surface area contributed by atoms with Crippen LogP contribution in [0.2, 0.25) is 0 Å². The standard InChI is InChI=1S/C30H46O5/c1-26(2,15-16-31)17-20-19(25(34)35)9-13-29(5)21(20)7-8-23-27(3)12-11-24(33)28(4,18-32)22(27)10-14-30(23,29)6/h7,9,20,22-23,31-32H,8,10-18H2,1-6H3,(H,34,35). The molecule has 5 nitrogen and oxygen atoms in total. The van der Waals surface area contributed by atoms with E-state index in [-0.39, 0.29) is 52.5 Å². The zero-order valence-electron chi connectivity index (χ0n) is 22.6. The number of allylic oxidation sites excluding steroid dienone is 3. The molecule has 0 aromatic heterocycles. The third kappa shape index (κ3) is 3.70. The molecule has 35 heavy (non-hydrogen) atoms. The summed E-state index contributed by atoms with van der Waals surface area (Å²) in [6.45, 7) is 13.4. The highest BCUT2D eigenvalue weighted by Gasteiger charge is 2.67. The smallest absolute Gasteiger partial charge is 0.331 e. The minimum absolute atomic E-state index is 0.0149. The number of carboxylic acid groups (broad SMARTS) is 1. The van der Waals surface area contributed by atoms with Crippen molar-refractivity contribution in [3.05, 3.63) is 23.3 Å². The van der Waals surface area contributed by atoms with Crippen LogP contribution in [0.25, 0.3) is 0 Å². The lowest BCUT2D eigenvalue weighted by Crippen LogP contribution is -2.63. The van der Waals surface area contributed by atoms with Gasteiger partial charge in [-0.3, -0.25) is 4.79 Å². The minimum atomic E-state index is -0.829. The van der Waals surface area contributed by atoms with Crippen LogP contribution in [0, 0.1) is 44.8 Å². The zero-order chi connectivity index (χ0) is 26.0. The molecule has 2 fully saturated rings. The van der Waals surface area contributed by atoms with Gasteiger partial charge in [0.25, 0.3) is 0 Å². The van der Waals surface area contributed by atoms with Crippen LogP contribution >= 0.6 is 0 Å². The van der Waals surface area contributed by atoms with Crippen molar-refractivity contribution < 1.29 is 24.9 Å². The predicted molar refractivity (Wildman–Crippen MR) is 137 cm³/mol. The number of ketones is 1. The minimum Gasteiger partial charge on any atom is -0.478 e. The number of hydrogen-bond acceptors (Lipinski definition) is 4. The Balaban J connectivity index is 1.79. The molecule has 5 heteroatoms. The normalized spacial score (nSPS) is 43.4. The van der Waals surface area contributed by atoms with Crippen molar-refractivity contribution in [2.45, 2.75) is 92.9 Å². The van der Waals surface area contributed by atoms with E-state index in [0.29, 0.717) is 30.8 Å². The van der Waals surface area contributed by atoms with Gasteiger partial charge in [-0.25, -0.2) is 4.79 Å². The van der Waals surface area contributed by atoms with Gasteiger partial charge in [-0.1, -0.05) is 59.3 Å². The van der Waals surface area contributed by atoms with Crippen molar-refractivity contribution in [3.8, 4) is 0 Å². The van der Waals surface area contributed by atoms with Crippen LogP contribution in [0.3, 0.4) is 0 Å². The van der Waals surface area contributed by atoms with Gasteiger partial charge in [0.1, 0.15) is 5.78 Å². The Kier molecular flexibility index (Phi) is 6.50. The van der Waals surface area contributed by atoms with Crippen LogP contribution in [0.1, 0.15) is 92.9 Å². The summed E-state index contributed by atoms with van der Waals surface area (Å²) in [5, 5.41) is 30.1. The quantitative estimate of drug-likeness (QED) is 0.428. The molecule has 0 saturated heterocycles. The lowest BCUT2D eigenvalue weighted by molar-refractivity contribution is -0.184. The monoisotopic (exact) mass is 486 g/mol. The van der Waals surface area contributed by atoms with Gasteiger partial charge in [0.2, 0.25) is 0 Å². The summed E-state index contributed by atoms with van der Waals surface area (Å²) in [5.74, 6) is -0.211. The molecule has 0 aromatic carbocycles. The van der Waals surface area contributed by atoms with Gasteiger partial charge < -0.3 is 15.3 Å². The van der Waals surface area contributed by atoms with E-state index in [4.69, 9.17) is 0 Å². The van der Waals surface area contributed by atoms with Gasteiger partial charge in [0.15, 0.2) is 0 Å². The second-order valence-electron chi connectivity index (χ2n) is 13.9. The third-order valence-corrected chi connectivity index (χ3v) is 11.7. The number of hydrogen-bond donors (Lipinski definition) is 3. The Labute approximate surface area is 211 Å². The van der Waals surface area contributed by atoms with Gasteiger partial charge in [-0.15, -0.1) is 0 Å². The summed E-state index contributed by atoms with van der Waals surface area (Å²) >= 11 is 0. The topological polar surface area (TPSA) is 94.8 Å². The maximum atomic E-state index is 13.0. The molecule has 4 rings (SSSR count). The summed E-state index contributed by atoms with van der Waals surface area (Å²) in [4.78, 5) is 25.3. The van der Waals surface area contributed by atoms with Crippen molar-refractivity contribution in [1.82, 2.24) is 0 Å².